The lowest BCUT2D eigenvalue weighted by atomic mass is 9.91. The number of thiophene rings is 1. The molecule has 1 aliphatic heterocycles. The summed E-state index contributed by atoms with van der Waals surface area (Å²) in [5.74, 6) is 1.41. The molecule has 6 rings (SSSR count). The van der Waals surface area contributed by atoms with Crippen LogP contribution in [0.25, 0.3) is 10.2 Å². The first kappa shape index (κ1) is 22.9. The van der Waals surface area contributed by atoms with Crippen molar-refractivity contribution in [2.75, 3.05) is 31.6 Å². The highest BCUT2D eigenvalue weighted by Gasteiger charge is 2.33. The summed E-state index contributed by atoms with van der Waals surface area (Å²) in [6.45, 7) is 3.75. The number of nitrogens with one attached hydrogen (secondary N) is 1. The maximum absolute atomic E-state index is 11.4. The molecule has 4 heterocycles. The summed E-state index contributed by atoms with van der Waals surface area (Å²) in [4.78, 5) is 25.9. The van der Waals surface area contributed by atoms with Gasteiger partial charge in [-0.1, -0.05) is 0 Å². The molecule has 1 N–H and O–H groups in total. The lowest BCUT2D eigenvalue weighted by Gasteiger charge is -2.38. The number of nitrogens with zero attached hydrogens (tertiary/aromatic N) is 5. The third-order valence-electron chi connectivity index (χ3n) is 7.59. The van der Waals surface area contributed by atoms with E-state index in [0.717, 1.165) is 87.0 Å². The first-order chi connectivity index (χ1) is 17.2. The van der Waals surface area contributed by atoms with E-state index in [0.29, 0.717) is 24.3 Å². The SMILES string of the molecule is Cn1cc(Nc2nc(OC3CCC(N4CCOCC4)CC3)c3c4c(sc3n2)CC[C@@H]4CC=O)cn1. The average Bonchev–Trinajstić information content (AvgIpc) is 3.56. The van der Waals surface area contributed by atoms with E-state index in [4.69, 9.17) is 19.4 Å². The number of carbonyl (C=O) groups is 1. The minimum atomic E-state index is 0.137. The summed E-state index contributed by atoms with van der Waals surface area (Å²) < 4.78 is 13.9. The van der Waals surface area contributed by atoms with Gasteiger partial charge in [-0.3, -0.25) is 9.58 Å². The lowest BCUT2D eigenvalue weighted by Crippen LogP contribution is -2.46. The van der Waals surface area contributed by atoms with E-state index in [1.165, 1.54) is 10.4 Å². The number of aromatic nitrogens is 4. The number of carbonyl (C=O) groups excluding carboxylic acids is 1. The van der Waals surface area contributed by atoms with Gasteiger partial charge in [0.2, 0.25) is 11.8 Å². The first-order valence-electron chi connectivity index (χ1n) is 12.7. The summed E-state index contributed by atoms with van der Waals surface area (Å²) in [7, 11) is 1.88. The predicted octanol–water partition coefficient (Wildman–Crippen LogP) is 3.81. The highest BCUT2D eigenvalue weighted by Crippen LogP contribution is 2.48. The topological polar surface area (TPSA) is 94.4 Å². The third-order valence-corrected chi connectivity index (χ3v) is 8.75. The zero-order chi connectivity index (χ0) is 23.8. The number of ether oxygens (including phenoxy) is 2. The van der Waals surface area contributed by atoms with Crippen LogP contribution in [-0.2, 0) is 23.0 Å². The summed E-state index contributed by atoms with van der Waals surface area (Å²) >= 11 is 1.71. The molecule has 3 aromatic heterocycles. The molecule has 10 heteroatoms. The van der Waals surface area contributed by atoms with Gasteiger partial charge in [0.05, 0.1) is 30.5 Å². The molecular formula is C25H32N6O3S. The molecule has 35 heavy (non-hydrogen) atoms. The molecule has 2 aliphatic carbocycles. The Hall–Kier alpha value is -2.56. The Labute approximate surface area is 208 Å². The fraction of sp³-hybridized carbons (Fsp3) is 0.600. The van der Waals surface area contributed by atoms with E-state index >= 15 is 0 Å². The second kappa shape index (κ2) is 9.83. The average molecular weight is 497 g/mol. The second-order valence-corrected chi connectivity index (χ2v) is 10.9. The number of hydrogen-bond acceptors (Lipinski definition) is 9. The molecule has 0 spiro atoms. The van der Waals surface area contributed by atoms with E-state index in [1.807, 2.05) is 13.2 Å². The van der Waals surface area contributed by atoms with E-state index in [-0.39, 0.29) is 12.0 Å². The van der Waals surface area contributed by atoms with Gasteiger partial charge in [-0.25, -0.2) is 4.98 Å². The number of fused-ring (bicyclic) bond motifs is 3. The van der Waals surface area contributed by atoms with Crippen molar-refractivity contribution in [1.29, 1.82) is 0 Å². The van der Waals surface area contributed by atoms with Crippen LogP contribution in [-0.4, -0.2) is 69.4 Å². The number of hydrogen-bond donors (Lipinski definition) is 1. The Morgan fingerprint density at radius 3 is 2.77 bits per heavy atom. The highest BCUT2D eigenvalue weighted by atomic mass is 32.1. The highest BCUT2D eigenvalue weighted by molar-refractivity contribution is 7.19. The molecule has 2 fully saturated rings. The quantitative estimate of drug-likeness (QED) is 0.494. The molecule has 3 aliphatic rings. The summed E-state index contributed by atoms with van der Waals surface area (Å²) in [5.41, 5.74) is 2.08. The minimum Gasteiger partial charge on any atom is -0.474 e. The monoisotopic (exact) mass is 496 g/mol. The summed E-state index contributed by atoms with van der Waals surface area (Å²) in [6, 6.07) is 0.620. The van der Waals surface area contributed by atoms with Crippen LogP contribution in [0.4, 0.5) is 11.6 Å². The predicted molar refractivity (Wildman–Crippen MR) is 135 cm³/mol. The van der Waals surface area contributed by atoms with Gasteiger partial charge in [0, 0.05) is 43.7 Å². The molecule has 0 bridgehead atoms. The zero-order valence-corrected chi connectivity index (χ0v) is 20.9. The van der Waals surface area contributed by atoms with Gasteiger partial charge in [-0.05, 0) is 50.0 Å². The van der Waals surface area contributed by atoms with Crippen molar-refractivity contribution in [3.8, 4) is 5.88 Å². The number of aldehydes is 1. The summed E-state index contributed by atoms with van der Waals surface area (Å²) in [6.07, 6.45) is 11.7. The second-order valence-electron chi connectivity index (χ2n) is 9.83. The maximum atomic E-state index is 11.4. The Kier molecular flexibility index (Phi) is 6.42. The molecule has 0 amide bonds. The third kappa shape index (κ3) is 4.66. The largest absolute Gasteiger partial charge is 0.474 e. The van der Waals surface area contributed by atoms with Crippen LogP contribution in [0.2, 0.25) is 0 Å². The van der Waals surface area contributed by atoms with Crippen LogP contribution < -0.4 is 10.1 Å². The van der Waals surface area contributed by atoms with Crippen molar-refractivity contribution in [1.82, 2.24) is 24.6 Å². The van der Waals surface area contributed by atoms with Crippen molar-refractivity contribution in [3.63, 3.8) is 0 Å². The number of anilines is 2. The lowest BCUT2D eigenvalue weighted by molar-refractivity contribution is -0.108. The molecule has 1 saturated heterocycles. The van der Waals surface area contributed by atoms with Crippen molar-refractivity contribution >= 4 is 39.5 Å². The van der Waals surface area contributed by atoms with Crippen molar-refractivity contribution < 1.29 is 14.3 Å². The number of aryl methyl sites for hydroxylation is 2. The van der Waals surface area contributed by atoms with E-state index in [1.54, 1.807) is 22.2 Å². The zero-order valence-electron chi connectivity index (χ0n) is 20.1. The Bertz CT molecular complexity index is 1200. The smallest absolute Gasteiger partial charge is 0.232 e. The van der Waals surface area contributed by atoms with Crippen LogP contribution in [0.15, 0.2) is 12.4 Å². The molecule has 1 saturated carbocycles. The van der Waals surface area contributed by atoms with Gasteiger partial charge >= 0.3 is 0 Å². The Morgan fingerprint density at radius 2 is 2.03 bits per heavy atom. The molecule has 3 aromatic rings. The Morgan fingerprint density at radius 1 is 1.20 bits per heavy atom. The fourth-order valence-corrected chi connectivity index (χ4v) is 7.10. The van der Waals surface area contributed by atoms with Gasteiger partial charge in [0.1, 0.15) is 17.2 Å². The van der Waals surface area contributed by atoms with E-state index in [2.05, 4.69) is 15.3 Å². The molecule has 1 atom stereocenters. The van der Waals surface area contributed by atoms with E-state index in [9.17, 15) is 4.79 Å². The van der Waals surface area contributed by atoms with Crippen molar-refractivity contribution in [2.24, 2.45) is 7.05 Å². The van der Waals surface area contributed by atoms with Crippen LogP contribution in [0.3, 0.4) is 0 Å². The van der Waals surface area contributed by atoms with E-state index < -0.39 is 0 Å². The van der Waals surface area contributed by atoms with Crippen LogP contribution in [0.1, 0.15) is 54.9 Å². The molecular weight excluding hydrogens is 464 g/mol. The van der Waals surface area contributed by atoms with Gasteiger partial charge in [0.15, 0.2) is 0 Å². The van der Waals surface area contributed by atoms with Crippen LogP contribution >= 0.6 is 11.3 Å². The van der Waals surface area contributed by atoms with Gasteiger partial charge in [-0.2, -0.15) is 10.1 Å². The number of rotatable bonds is 7. The van der Waals surface area contributed by atoms with Gasteiger partial charge < -0.3 is 19.6 Å². The van der Waals surface area contributed by atoms with Crippen molar-refractivity contribution in [3.05, 3.63) is 22.8 Å². The molecule has 9 nitrogen and oxygen atoms in total. The fourth-order valence-electron chi connectivity index (χ4n) is 5.84. The summed E-state index contributed by atoms with van der Waals surface area (Å²) in [5, 5.41) is 8.54. The maximum Gasteiger partial charge on any atom is 0.232 e. The minimum absolute atomic E-state index is 0.137. The molecule has 186 valence electrons. The molecule has 0 radical (unpaired) electrons. The van der Waals surface area contributed by atoms with Gasteiger partial charge in [0.25, 0.3) is 0 Å². The molecule has 0 unspecified atom stereocenters. The van der Waals surface area contributed by atoms with Crippen LogP contribution in [0, 0.1) is 0 Å². The van der Waals surface area contributed by atoms with Crippen LogP contribution in [0.5, 0.6) is 5.88 Å². The molecule has 0 aromatic carbocycles. The Balaban J connectivity index is 1.27. The van der Waals surface area contributed by atoms with Crippen molar-refractivity contribution in [2.45, 2.75) is 63.0 Å². The van der Waals surface area contributed by atoms with Gasteiger partial charge in [-0.15, -0.1) is 11.3 Å². The normalized spacial score (nSPS) is 25.0. The standard InChI is InChI=1S/C25H32N6O3S/c1-30-15-17(14-26-30)27-25-28-23(22-21-16(8-11-32)2-7-20(21)35-24(22)29-25)34-19-5-3-18(4-6-19)31-9-12-33-13-10-31/h11,14-16,18-19H,2-10,12-13H2,1H3,(H,27,28,29)/t16-,18?,19?/m1/s1. The first-order valence-corrected chi connectivity index (χ1v) is 13.5. The number of morpholine rings is 1.